The number of sulfone groups is 1. The van der Waals surface area contributed by atoms with Crippen LogP contribution in [0.5, 0.6) is 0 Å². The summed E-state index contributed by atoms with van der Waals surface area (Å²) in [4.78, 5) is 6.37. The molecule has 0 spiro atoms. The largest absolute Gasteiger partial charge is 0.338 e. The molecule has 0 aliphatic carbocycles. The van der Waals surface area contributed by atoms with Crippen LogP contribution in [0.3, 0.4) is 0 Å². The van der Waals surface area contributed by atoms with Crippen LogP contribution in [-0.4, -0.2) is 49.6 Å². The van der Waals surface area contributed by atoms with Crippen molar-refractivity contribution in [3.05, 3.63) is 23.9 Å². The molecule has 0 bridgehead atoms. The number of nitrogens with one attached hydrogen (secondary N) is 1. The van der Waals surface area contributed by atoms with E-state index in [1.807, 2.05) is 24.0 Å². The van der Waals surface area contributed by atoms with Crippen LogP contribution in [0.1, 0.15) is 12.5 Å². The molecule has 7 heteroatoms. The zero-order chi connectivity index (χ0) is 14.6. The Kier molecular flexibility index (Phi) is 5.29. The third kappa shape index (κ3) is 3.65. The summed E-state index contributed by atoms with van der Waals surface area (Å²) >= 11 is 1.69. The highest BCUT2D eigenvalue weighted by atomic mass is 32.2. The molecule has 1 fully saturated rings. The Morgan fingerprint density at radius 3 is 3.05 bits per heavy atom. The molecule has 1 N–H and O–H groups in total. The fourth-order valence-electron chi connectivity index (χ4n) is 2.26. The molecule has 1 aromatic rings. The summed E-state index contributed by atoms with van der Waals surface area (Å²) in [7, 11) is -3.12. The second-order valence-corrected chi connectivity index (χ2v) is 8.17. The number of rotatable bonds is 5. The number of thioether (sulfide) groups is 1. The maximum atomic E-state index is 12.0. The van der Waals surface area contributed by atoms with Gasteiger partial charge in [0.05, 0.1) is 0 Å². The first-order valence-electron chi connectivity index (χ1n) is 6.72. The Bertz CT molecular complexity index is 548. The fourth-order valence-corrected chi connectivity index (χ4v) is 5.08. The molecule has 2 rings (SSSR count). The molecular formula is C13H21N3O2S2. The average Bonchev–Trinajstić information content (AvgIpc) is 2.44. The maximum absolute atomic E-state index is 12.0. The van der Waals surface area contributed by atoms with E-state index in [1.54, 1.807) is 18.0 Å². The van der Waals surface area contributed by atoms with Crippen molar-refractivity contribution in [2.75, 3.05) is 35.8 Å². The Balaban J connectivity index is 2.32. The maximum Gasteiger partial charge on any atom is 0.169 e. The van der Waals surface area contributed by atoms with Crippen molar-refractivity contribution in [2.24, 2.45) is 0 Å². The van der Waals surface area contributed by atoms with E-state index in [9.17, 15) is 8.42 Å². The molecule has 0 saturated carbocycles. The molecule has 1 unspecified atom stereocenters. The van der Waals surface area contributed by atoms with Crippen molar-refractivity contribution in [2.45, 2.75) is 18.8 Å². The van der Waals surface area contributed by atoms with E-state index in [4.69, 9.17) is 0 Å². The SMILES string of the molecule is CCNCc1cccnc1N1CCSCC1S(C)(=O)=O. The van der Waals surface area contributed by atoms with Crippen molar-refractivity contribution < 1.29 is 8.42 Å². The molecule has 2 heterocycles. The smallest absolute Gasteiger partial charge is 0.169 e. The van der Waals surface area contributed by atoms with E-state index < -0.39 is 15.2 Å². The number of hydrogen-bond donors (Lipinski definition) is 1. The van der Waals surface area contributed by atoms with Gasteiger partial charge in [-0.2, -0.15) is 11.8 Å². The molecule has 0 aromatic carbocycles. The van der Waals surface area contributed by atoms with Crippen LogP contribution in [0.25, 0.3) is 0 Å². The minimum absolute atomic E-state index is 0.475. The summed E-state index contributed by atoms with van der Waals surface area (Å²) in [6.07, 6.45) is 3.04. The van der Waals surface area contributed by atoms with Gasteiger partial charge in [-0.1, -0.05) is 13.0 Å². The number of nitrogens with zero attached hydrogens (tertiary/aromatic N) is 2. The number of aromatic nitrogens is 1. The molecule has 1 aromatic heterocycles. The first-order valence-corrected chi connectivity index (χ1v) is 9.83. The van der Waals surface area contributed by atoms with Crippen LogP contribution in [-0.2, 0) is 16.4 Å². The van der Waals surface area contributed by atoms with Gasteiger partial charge in [-0.05, 0) is 12.6 Å². The van der Waals surface area contributed by atoms with Crippen molar-refractivity contribution in [1.82, 2.24) is 10.3 Å². The molecule has 1 atom stereocenters. The van der Waals surface area contributed by atoms with E-state index in [0.717, 1.165) is 30.2 Å². The topological polar surface area (TPSA) is 62.3 Å². The second-order valence-electron chi connectivity index (χ2n) is 4.82. The van der Waals surface area contributed by atoms with Gasteiger partial charge in [0.15, 0.2) is 9.84 Å². The summed E-state index contributed by atoms with van der Waals surface area (Å²) in [6, 6.07) is 3.90. The molecule has 5 nitrogen and oxygen atoms in total. The Labute approximate surface area is 125 Å². The van der Waals surface area contributed by atoms with Gasteiger partial charge in [0, 0.05) is 42.6 Å². The van der Waals surface area contributed by atoms with Gasteiger partial charge in [-0.25, -0.2) is 13.4 Å². The van der Waals surface area contributed by atoms with E-state index in [0.29, 0.717) is 12.3 Å². The Hall–Kier alpha value is -0.790. The molecule has 112 valence electrons. The van der Waals surface area contributed by atoms with Crippen LogP contribution in [0.15, 0.2) is 18.3 Å². The lowest BCUT2D eigenvalue weighted by atomic mass is 10.2. The standard InChI is InChI=1S/C13H21N3O2S2/c1-3-14-9-11-5-4-6-15-13(11)16-7-8-19-10-12(16)20(2,17)18/h4-6,12,14H,3,7-10H2,1-2H3. The highest BCUT2D eigenvalue weighted by Gasteiger charge is 2.32. The summed E-state index contributed by atoms with van der Waals surface area (Å²) < 4.78 is 24.0. The van der Waals surface area contributed by atoms with Crippen LogP contribution in [0, 0.1) is 0 Å². The predicted octanol–water partition coefficient (Wildman–Crippen LogP) is 1.12. The highest BCUT2D eigenvalue weighted by Crippen LogP contribution is 2.27. The third-order valence-corrected chi connectivity index (χ3v) is 5.93. The fraction of sp³-hybridized carbons (Fsp3) is 0.615. The zero-order valence-electron chi connectivity index (χ0n) is 11.9. The first kappa shape index (κ1) is 15.6. The van der Waals surface area contributed by atoms with E-state index in [2.05, 4.69) is 10.3 Å². The van der Waals surface area contributed by atoms with Crippen LogP contribution in [0.4, 0.5) is 5.82 Å². The highest BCUT2D eigenvalue weighted by molar-refractivity contribution is 8.01. The van der Waals surface area contributed by atoms with Crippen molar-refractivity contribution in [3.8, 4) is 0 Å². The molecule has 0 amide bonds. The number of anilines is 1. The van der Waals surface area contributed by atoms with Gasteiger partial charge in [-0.3, -0.25) is 0 Å². The minimum atomic E-state index is -3.12. The van der Waals surface area contributed by atoms with E-state index in [-0.39, 0.29) is 0 Å². The van der Waals surface area contributed by atoms with Gasteiger partial charge in [0.1, 0.15) is 11.2 Å². The monoisotopic (exact) mass is 315 g/mol. The quantitative estimate of drug-likeness (QED) is 0.878. The number of hydrogen-bond acceptors (Lipinski definition) is 6. The summed E-state index contributed by atoms with van der Waals surface area (Å²) in [5, 5.41) is 2.80. The van der Waals surface area contributed by atoms with Gasteiger partial charge in [-0.15, -0.1) is 0 Å². The normalized spacial score (nSPS) is 20.1. The summed E-state index contributed by atoms with van der Waals surface area (Å²) in [5.41, 5.74) is 1.05. The molecule has 1 saturated heterocycles. The lowest BCUT2D eigenvalue weighted by Gasteiger charge is -2.36. The lowest BCUT2D eigenvalue weighted by Crippen LogP contribution is -2.47. The average molecular weight is 315 g/mol. The minimum Gasteiger partial charge on any atom is -0.338 e. The van der Waals surface area contributed by atoms with Gasteiger partial charge in [0.25, 0.3) is 0 Å². The van der Waals surface area contributed by atoms with E-state index in [1.165, 1.54) is 6.26 Å². The number of pyridine rings is 1. The molecule has 1 aliphatic rings. The molecule has 0 radical (unpaired) electrons. The lowest BCUT2D eigenvalue weighted by molar-refractivity contribution is 0.583. The van der Waals surface area contributed by atoms with Crippen LogP contribution < -0.4 is 10.2 Å². The Morgan fingerprint density at radius 2 is 2.35 bits per heavy atom. The molecule has 20 heavy (non-hydrogen) atoms. The zero-order valence-corrected chi connectivity index (χ0v) is 13.5. The molecular weight excluding hydrogens is 294 g/mol. The van der Waals surface area contributed by atoms with Crippen LogP contribution >= 0.6 is 11.8 Å². The molecule has 1 aliphatic heterocycles. The van der Waals surface area contributed by atoms with Crippen molar-refractivity contribution in [3.63, 3.8) is 0 Å². The first-order chi connectivity index (χ1) is 9.54. The Morgan fingerprint density at radius 1 is 1.55 bits per heavy atom. The second kappa shape index (κ2) is 6.78. The van der Waals surface area contributed by atoms with Gasteiger partial charge < -0.3 is 10.2 Å². The third-order valence-electron chi connectivity index (χ3n) is 3.28. The van der Waals surface area contributed by atoms with Gasteiger partial charge >= 0.3 is 0 Å². The summed E-state index contributed by atoms with van der Waals surface area (Å²) in [6.45, 7) is 4.35. The van der Waals surface area contributed by atoms with E-state index >= 15 is 0 Å². The van der Waals surface area contributed by atoms with Gasteiger partial charge in [0.2, 0.25) is 0 Å². The van der Waals surface area contributed by atoms with Crippen LogP contribution in [0.2, 0.25) is 0 Å². The predicted molar refractivity (Wildman–Crippen MR) is 84.9 cm³/mol. The summed E-state index contributed by atoms with van der Waals surface area (Å²) in [5.74, 6) is 2.34. The van der Waals surface area contributed by atoms with Crippen molar-refractivity contribution >= 4 is 27.4 Å². The van der Waals surface area contributed by atoms with Crippen molar-refractivity contribution in [1.29, 1.82) is 0 Å².